The molecule has 2 fully saturated rings. The van der Waals surface area contributed by atoms with E-state index in [-0.39, 0.29) is 37.0 Å². The summed E-state index contributed by atoms with van der Waals surface area (Å²) in [6, 6.07) is 4.50. The summed E-state index contributed by atoms with van der Waals surface area (Å²) in [6.45, 7) is 2.16. The molecule has 13 heteroatoms. The molecule has 9 nitrogen and oxygen atoms in total. The number of hydrogen-bond donors (Lipinski definition) is 5. The summed E-state index contributed by atoms with van der Waals surface area (Å²) >= 11 is 11.7. The quantitative estimate of drug-likeness (QED) is 0.167. The second-order valence-corrected chi connectivity index (χ2v) is 9.03. The van der Waals surface area contributed by atoms with Crippen LogP contribution in [0.15, 0.2) is 30.1 Å². The molecule has 0 aromatic heterocycles. The largest absolute Gasteiger partial charge is 0.399 e. The highest BCUT2D eigenvalue weighted by Crippen LogP contribution is 2.47. The van der Waals surface area contributed by atoms with E-state index in [0.717, 1.165) is 0 Å². The van der Waals surface area contributed by atoms with E-state index >= 15 is 0 Å². The zero-order chi connectivity index (χ0) is 25.7. The molecular formula is C21H28Cl2F2N6O3. The van der Waals surface area contributed by atoms with Crippen molar-refractivity contribution in [2.24, 2.45) is 17.5 Å². The first kappa shape index (κ1) is 27.8. The lowest BCUT2D eigenvalue weighted by atomic mass is 9.71. The summed E-state index contributed by atoms with van der Waals surface area (Å²) in [6.07, 6.45) is 1.57. The lowest BCUT2D eigenvalue weighted by molar-refractivity contribution is -0.139. The number of rotatable bonds is 6. The van der Waals surface area contributed by atoms with Gasteiger partial charge in [-0.3, -0.25) is 20.2 Å². The number of carbonyl (C=O) groups is 3. The second kappa shape index (κ2) is 11.3. The lowest BCUT2D eigenvalue weighted by Gasteiger charge is -2.47. The molecule has 0 spiro atoms. The van der Waals surface area contributed by atoms with E-state index in [1.807, 2.05) is 0 Å². The molecule has 188 valence electrons. The SMILES string of the molecule is CNC1(/C(N)=C/NN)CC(F)(F)C1.C[C@H]1C(C(=O)Nc2ccc(Cl)c(Cl)c2)CCN1C(=O)C=O. The summed E-state index contributed by atoms with van der Waals surface area (Å²) in [4.78, 5) is 35.7. The highest BCUT2D eigenvalue weighted by atomic mass is 35.5. The van der Waals surface area contributed by atoms with Gasteiger partial charge in [0, 0.05) is 43.0 Å². The number of nitrogens with zero attached hydrogens (tertiary/aromatic N) is 1. The number of alkyl halides is 2. The molecule has 1 aliphatic carbocycles. The van der Waals surface area contributed by atoms with Crippen molar-refractivity contribution in [2.45, 2.75) is 43.7 Å². The van der Waals surface area contributed by atoms with Gasteiger partial charge in [0.2, 0.25) is 12.2 Å². The molecule has 1 unspecified atom stereocenters. The Morgan fingerprint density at radius 3 is 2.38 bits per heavy atom. The zero-order valence-corrected chi connectivity index (χ0v) is 20.2. The number of carbonyl (C=O) groups excluding carboxylic acids is 3. The van der Waals surface area contributed by atoms with Gasteiger partial charge >= 0.3 is 0 Å². The molecule has 7 N–H and O–H groups in total. The average molecular weight is 521 g/mol. The van der Waals surface area contributed by atoms with Crippen molar-refractivity contribution in [1.82, 2.24) is 15.6 Å². The first-order chi connectivity index (χ1) is 15.9. The normalized spacial score (nSPS) is 22.7. The third-order valence-electron chi connectivity index (χ3n) is 6.05. The molecular weight excluding hydrogens is 493 g/mol. The van der Waals surface area contributed by atoms with Crippen LogP contribution in [0, 0.1) is 5.92 Å². The number of benzene rings is 1. The fourth-order valence-electron chi connectivity index (χ4n) is 4.06. The molecule has 2 aliphatic rings. The van der Waals surface area contributed by atoms with Gasteiger partial charge < -0.3 is 26.7 Å². The Balaban J connectivity index is 0.000000270. The first-order valence-corrected chi connectivity index (χ1v) is 11.2. The topological polar surface area (TPSA) is 143 Å². The van der Waals surface area contributed by atoms with Crippen molar-refractivity contribution in [3.63, 3.8) is 0 Å². The van der Waals surface area contributed by atoms with Crippen LogP contribution in [-0.2, 0) is 14.4 Å². The van der Waals surface area contributed by atoms with Crippen LogP contribution in [0.5, 0.6) is 0 Å². The molecule has 1 heterocycles. The van der Waals surface area contributed by atoms with Crippen LogP contribution in [0.4, 0.5) is 14.5 Å². The molecule has 2 atom stereocenters. The number of aldehydes is 1. The van der Waals surface area contributed by atoms with Gasteiger partial charge in [-0.25, -0.2) is 8.78 Å². The molecule has 1 aromatic carbocycles. The van der Waals surface area contributed by atoms with Gasteiger partial charge in [-0.2, -0.15) is 0 Å². The maximum atomic E-state index is 12.6. The van der Waals surface area contributed by atoms with Crippen molar-refractivity contribution in [1.29, 1.82) is 0 Å². The number of likely N-dealkylation sites (tertiary alicyclic amines) is 1. The summed E-state index contributed by atoms with van der Waals surface area (Å²) in [5, 5.41) is 6.30. The Hall–Kier alpha value is -2.47. The molecule has 2 amide bonds. The van der Waals surface area contributed by atoms with E-state index in [4.69, 9.17) is 34.8 Å². The van der Waals surface area contributed by atoms with Crippen LogP contribution < -0.4 is 27.6 Å². The molecule has 1 saturated heterocycles. The van der Waals surface area contributed by atoms with Gasteiger partial charge in [-0.15, -0.1) is 0 Å². The van der Waals surface area contributed by atoms with Gasteiger partial charge in [0.1, 0.15) is 0 Å². The van der Waals surface area contributed by atoms with E-state index in [2.05, 4.69) is 16.1 Å². The Bertz CT molecular complexity index is 954. The van der Waals surface area contributed by atoms with E-state index < -0.39 is 17.4 Å². The minimum Gasteiger partial charge on any atom is -0.399 e. The molecule has 1 saturated carbocycles. The predicted octanol–water partition coefficient (Wildman–Crippen LogP) is 2.00. The van der Waals surface area contributed by atoms with Crippen LogP contribution >= 0.6 is 23.2 Å². The van der Waals surface area contributed by atoms with Crippen molar-refractivity contribution in [3.8, 4) is 0 Å². The summed E-state index contributed by atoms with van der Waals surface area (Å²) in [5.74, 6) is 1.24. The molecule has 3 rings (SSSR count). The van der Waals surface area contributed by atoms with E-state index in [1.54, 1.807) is 32.2 Å². The number of hydrogen-bond acceptors (Lipinski definition) is 7. The van der Waals surface area contributed by atoms with Gasteiger partial charge in [-0.05, 0) is 38.6 Å². The minimum atomic E-state index is -2.62. The first-order valence-electron chi connectivity index (χ1n) is 10.4. The number of nitrogens with one attached hydrogen (secondary N) is 3. The van der Waals surface area contributed by atoms with Gasteiger partial charge in [-0.1, -0.05) is 23.2 Å². The Labute approximate surface area is 206 Å². The van der Waals surface area contributed by atoms with E-state index in [1.165, 1.54) is 11.1 Å². The van der Waals surface area contributed by atoms with Crippen LogP contribution in [0.25, 0.3) is 0 Å². The summed E-state index contributed by atoms with van der Waals surface area (Å²) < 4.78 is 25.3. The van der Waals surface area contributed by atoms with Gasteiger partial charge in [0.05, 0.1) is 21.5 Å². The summed E-state index contributed by atoms with van der Waals surface area (Å²) in [7, 11) is 1.60. The zero-order valence-electron chi connectivity index (χ0n) is 18.7. The number of nitrogens with two attached hydrogens (primary N) is 2. The van der Waals surface area contributed by atoms with Crippen molar-refractivity contribution in [3.05, 3.63) is 40.1 Å². The maximum absolute atomic E-state index is 12.6. The number of anilines is 1. The molecule has 0 bridgehead atoms. The number of likely N-dealkylation sites (N-methyl/N-ethyl adjacent to an activating group) is 1. The fourth-order valence-corrected chi connectivity index (χ4v) is 4.36. The third-order valence-corrected chi connectivity index (χ3v) is 6.79. The molecule has 34 heavy (non-hydrogen) atoms. The van der Waals surface area contributed by atoms with Gasteiger partial charge in [0.15, 0.2) is 0 Å². The smallest absolute Gasteiger partial charge is 0.286 e. The number of amides is 2. The highest BCUT2D eigenvalue weighted by Gasteiger charge is 2.57. The maximum Gasteiger partial charge on any atom is 0.286 e. The van der Waals surface area contributed by atoms with Crippen LogP contribution in [0.1, 0.15) is 26.2 Å². The third kappa shape index (κ3) is 6.35. The number of halogens is 4. The van der Waals surface area contributed by atoms with Crippen LogP contribution in [-0.4, -0.2) is 54.1 Å². The van der Waals surface area contributed by atoms with Gasteiger partial charge in [0.25, 0.3) is 11.8 Å². The number of hydrazine groups is 1. The molecule has 0 radical (unpaired) electrons. The summed E-state index contributed by atoms with van der Waals surface area (Å²) in [5.41, 5.74) is 7.87. The Morgan fingerprint density at radius 2 is 1.88 bits per heavy atom. The van der Waals surface area contributed by atoms with Crippen molar-refractivity contribution in [2.75, 3.05) is 18.9 Å². The molecule has 1 aliphatic heterocycles. The second-order valence-electron chi connectivity index (χ2n) is 8.21. The average Bonchev–Trinajstić information content (AvgIpc) is 3.15. The standard InChI is InChI=1S/C14H14Cl2N2O3.C7H14F2N4/c1-8-10(4-5-18(8)13(20)7-19)14(21)17-9-2-3-11(15)12(16)6-9;1-12-6(5(10)2-13-11)3-7(8,9)4-6/h2-3,6-8,10H,4-5H2,1H3,(H,17,21);2,12-13H,3-4,10-11H2,1H3/b;5-2-/t8-,10?;/m0./s1. The Morgan fingerprint density at radius 1 is 1.24 bits per heavy atom. The van der Waals surface area contributed by atoms with Crippen LogP contribution in [0.2, 0.25) is 10.0 Å². The van der Waals surface area contributed by atoms with E-state index in [0.29, 0.717) is 34.4 Å². The van der Waals surface area contributed by atoms with Crippen molar-refractivity contribution >= 4 is 47.0 Å². The minimum absolute atomic E-state index is 0.206. The highest BCUT2D eigenvalue weighted by molar-refractivity contribution is 6.42. The lowest BCUT2D eigenvalue weighted by Crippen LogP contribution is -2.62. The monoisotopic (exact) mass is 520 g/mol. The molecule has 1 aromatic rings. The van der Waals surface area contributed by atoms with Crippen molar-refractivity contribution < 1.29 is 23.2 Å². The van der Waals surface area contributed by atoms with Crippen LogP contribution in [0.3, 0.4) is 0 Å². The fraction of sp³-hybridized carbons (Fsp3) is 0.476. The van der Waals surface area contributed by atoms with E-state index in [9.17, 15) is 23.2 Å². The Kier molecular flexibility index (Phi) is 9.23. The predicted molar refractivity (Wildman–Crippen MR) is 126 cm³/mol.